The van der Waals surface area contributed by atoms with E-state index in [-0.39, 0.29) is 12.5 Å². The second kappa shape index (κ2) is 8.53. The normalized spacial score (nSPS) is 10.6. The van der Waals surface area contributed by atoms with Crippen molar-refractivity contribution in [3.63, 3.8) is 0 Å². The Balaban J connectivity index is 1.93. The van der Waals surface area contributed by atoms with Crippen LogP contribution in [0.4, 0.5) is 20.2 Å². The summed E-state index contributed by atoms with van der Waals surface area (Å²) in [4.78, 5) is 14.5. The number of alkyl halides is 2. The van der Waals surface area contributed by atoms with E-state index in [1.165, 1.54) is 0 Å². The summed E-state index contributed by atoms with van der Waals surface area (Å²) in [6, 6.07) is 16.1. The van der Waals surface area contributed by atoms with E-state index in [0.717, 1.165) is 11.4 Å². The van der Waals surface area contributed by atoms with Crippen LogP contribution in [0.3, 0.4) is 0 Å². The van der Waals surface area contributed by atoms with E-state index in [1.54, 1.807) is 29.2 Å². The number of para-hydroxylation sites is 1. The van der Waals surface area contributed by atoms with Gasteiger partial charge in [-0.25, -0.2) is 0 Å². The minimum Gasteiger partial charge on any atom is -0.376 e. The van der Waals surface area contributed by atoms with E-state index >= 15 is 0 Å². The topological polar surface area (TPSA) is 32.3 Å². The van der Waals surface area contributed by atoms with Crippen LogP contribution >= 0.6 is 11.8 Å². The third-order valence-electron chi connectivity index (χ3n) is 3.21. The molecule has 0 saturated heterocycles. The zero-order valence-corrected chi connectivity index (χ0v) is 13.5. The molecule has 3 nitrogen and oxygen atoms in total. The van der Waals surface area contributed by atoms with Gasteiger partial charge in [0.2, 0.25) is 5.91 Å². The van der Waals surface area contributed by atoms with Crippen molar-refractivity contribution in [1.29, 1.82) is 0 Å². The molecule has 0 radical (unpaired) electrons. The van der Waals surface area contributed by atoms with Crippen LogP contribution in [-0.4, -0.2) is 24.8 Å². The highest BCUT2D eigenvalue weighted by molar-refractivity contribution is 7.99. The van der Waals surface area contributed by atoms with Crippen molar-refractivity contribution < 1.29 is 13.6 Å². The number of hydrogen-bond acceptors (Lipinski definition) is 3. The average molecular weight is 336 g/mol. The lowest BCUT2D eigenvalue weighted by atomic mass is 10.2. The number of carbonyl (C=O) groups is 1. The van der Waals surface area contributed by atoms with Gasteiger partial charge in [-0.15, -0.1) is 0 Å². The molecule has 23 heavy (non-hydrogen) atoms. The van der Waals surface area contributed by atoms with E-state index in [2.05, 4.69) is 5.32 Å². The van der Waals surface area contributed by atoms with Crippen molar-refractivity contribution >= 4 is 29.0 Å². The smallest absolute Gasteiger partial charge is 0.288 e. The number of halogens is 2. The molecule has 0 bridgehead atoms. The number of carbonyl (C=O) groups excluding carboxylic acids is 1. The van der Waals surface area contributed by atoms with Gasteiger partial charge in [0.05, 0.1) is 6.54 Å². The van der Waals surface area contributed by atoms with E-state index < -0.39 is 5.76 Å². The number of nitrogens with one attached hydrogen (secondary N) is 1. The standard InChI is InChI=1S/C17H18F2N2OS/c1-2-21(14-6-4-3-5-7-14)16(22)12-20-13-8-10-15(11-9-13)23-17(18)19/h3-11,17,20H,2,12H2,1H3. The number of benzene rings is 2. The number of anilines is 2. The molecule has 0 aromatic heterocycles. The second-order valence-corrected chi connectivity index (χ2v) is 5.79. The molecule has 0 aliphatic rings. The van der Waals surface area contributed by atoms with Crippen molar-refractivity contribution in [2.45, 2.75) is 17.6 Å². The second-order valence-electron chi connectivity index (χ2n) is 4.73. The van der Waals surface area contributed by atoms with Gasteiger partial charge in [-0.05, 0) is 43.3 Å². The Morgan fingerprint density at radius 2 is 1.78 bits per heavy atom. The van der Waals surface area contributed by atoms with Crippen LogP contribution < -0.4 is 10.2 Å². The van der Waals surface area contributed by atoms with Crippen molar-refractivity contribution in [3.8, 4) is 0 Å². The Kier molecular flexibility index (Phi) is 6.40. The third-order valence-corrected chi connectivity index (χ3v) is 3.93. The Hall–Kier alpha value is -2.08. The van der Waals surface area contributed by atoms with Gasteiger partial charge in [-0.1, -0.05) is 30.0 Å². The molecule has 2 rings (SSSR count). The molecule has 0 atom stereocenters. The molecule has 122 valence electrons. The van der Waals surface area contributed by atoms with Crippen LogP contribution in [0.5, 0.6) is 0 Å². The molecule has 1 N–H and O–H groups in total. The van der Waals surface area contributed by atoms with Gasteiger partial charge in [-0.2, -0.15) is 8.78 Å². The molecule has 0 fully saturated rings. The predicted molar refractivity (Wildman–Crippen MR) is 91.3 cm³/mol. The number of rotatable bonds is 7. The van der Waals surface area contributed by atoms with Crippen molar-refractivity contribution in [1.82, 2.24) is 0 Å². The first-order valence-electron chi connectivity index (χ1n) is 7.24. The fourth-order valence-electron chi connectivity index (χ4n) is 2.14. The number of hydrogen-bond donors (Lipinski definition) is 1. The molecule has 0 unspecified atom stereocenters. The molecule has 0 aliphatic carbocycles. The number of nitrogens with zero attached hydrogens (tertiary/aromatic N) is 1. The van der Waals surface area contributed by atoms with E-state index in [4.69, 9.17) is 0 Å². The van der Waals surface area contributed by atoms with Gasteiger partial charge < -0.3 is 10.2 Å². The highest BCUT2D eigenvalue weighted by atomic mass is 32.2. The van der Waals surface area contributed by atoms with Crippen LogP contribution in [0.25, 0.3) is 0 Å². The summed E-state index contributed by atoms with van der Waals surface area (Å²) in [5.41, 5.74) is 1.58. The zero-order chi connectivity index (χ0) is 16.7. The van der Waals surface area contributed by atoms with Crippen LogP contribution in [0.2, 0.25) is 0 Å². The number of amides is 1. The molecule has 0 aliphatic heterocycles. The maximum absolute atomic E-state index is 12.3. The van der Waals surface area contributed by atoms with Gasteiger partial charge in [0.1, 0.15) is 0 Å². The number of thioether (sulfide) groups is 1. The predicted octanol–water partition coefficient (Wildman–Crippen LogP) is 4.47. The lowest BCUT2D eigenvalue weighted by Gasteiger charge is -2.21. The van der Waals surface area contributed by atoms with Crippen LogP contribution in [0, 0.1) is 0 Å². The minimum atomic E-state index is -2.43. The van der Waals surface area contributed by atoms with Gasteiger partial charge in [-0.3, -0.25) is 4.79 Å². The SMILES string of the molecule is CCN(C(=O)CNc1ccc(SC(F)F)cc1)c1ccccc1. The van der Waals surface area contributed by atoms with E-state index in [0.29, 0.717) is 23.2 Å². The maximum atomic E-state index is 12.3. The average Bonchev–Trinajstić information content (AvgIpc) is 2.55. The summed E-state index contributed by atoms with van der Waals surface area (Å²) >= 11 is 0.501. The summed E-state index contributed by atoms with van der Waals surface area (Å²) in [7, 11) is 0. The fourth-order valence-corrected chi connectivity index (χ4v) is 2.64. The molecular formula is C17H18F2N2OS. The van der Waals surface area contributed by atoms with Gasteiger partial charge in [0.15, 0.2) is 0 Å². The monoisotopic (exact) mass is 336 g/mol. The molecule has 6 heteroatoms. The molecular weight excluding hydrogens is 318 g/mol. The lowest BCUT2D eigenvalue weighted by molar-refractivity contribution is -0.116. The Morgan fingerprint density at radius 1 is 1.13 bits per heavy atom. The minimum absolute atomic E-state index is 0.0512. The number of likely N-dealkylation sites (N-methyl/N-ethyl adjacent to an activating group) is 1. The highest BCUT2D eigenvalue weighted by Gasteiger charge is 2.13. The maximum Gasteiger partial charge on any atom is 0.288 e. The largest absolute Gasteiger partial charge is 0.376 e. The Bertz CT molecular complexity index is 620. The fraction of sp³-hybridized carbons (Fsp3) is 0.235. The first-order chi connectivity index (χ1) is 11.1. The quantitative estimate of drug-likeness (QED) is 0.757. The lowest BCUT2D eigenvalue weighted by Crippen LogP contribution is -2.35. The summed E-state index contributed by atoms with van der Waals surface area (Å²) in [6.45, 7) is 2.64. The highest BCUT2D eigenvalue weighted by Crippen LogP contribution is 2.26. The molecule has 0 heterocycles. The van der Waals surface area contributed by atoms with Crippen LogP contribution in [-0.2, 0) is 4.79 Å². The molecule has 0 saturated carbocycles. The summed E-state index contributed by atoms with van der Waals surface area (Å²) in [5, 5.41) is 3.02. The molecule has 1 amide bonds. The van der Waals surface area contributed by atoms with Crippen LogP contribution in [0.15, 0.2) is 59.5 Å². The van der Waals surface area contributed by atoms with Gasteiger partial charge in [0, 0.05) is 22.8 Å². The van der Waals surface area contributed by atoms with Crippen molar-refractivity contribution in [2.75, 3.05) is 23.3 Å². The zero-order valence-electron chi connectivity index (χ0n) is 12.7. The summed E-state index contributed by atoms with van der Waals surface area (Å²) < 4.78 is 24.5. The summed E-state index contributed by atoms with van der Waals surface area (Å²) in [6.07, 6.45) is 0. The van der Waals surface area contributed by atoms with Crippen molar-refractivity contribution in [3.05, 3.63) is 54.6 Å². The van der Waals surface area contributed by atoms with Crippen LogP contribution in [0.1, 0.15) is 6.92 Å². The van der Waals surface area contributed by atoms with E-state index in [9.17, 15) is 13.6 Å². The van der Waals surface area contributed by atoms with Crippen molar-refractivity contribution in [2.24, 2.45) is 0 Å². The Labute approximate surface area is 138 Å². The van der Waals surface area contributed by atoms with E-state index in [1.807, 2.05) is 37.3 Å². The molecule has 2 aromatic rings. The summed E-state index contributed by atoms with van der Waals surface area (Å²) in [5.74, 6) is -2.48. The third kappa shape index (κ3) is 5.25. The van der Waals surface area contributed by atoms with Gasteiger partial charge >= 0.3 is 0 Å². The van der Waals surface area contributed by atoms with Gasteiger partial charge in [0.25, 0.3) is 5.76 Å². The Morgan fingerprint density at radius 3 is 2.35 bits per heavy atom. The first kappa shape index (κ1) is 17.3. The first-order valence-corrected chi connectivity index (χ1v) is 8.12. The molecule has 2 aromatic carbocycles. The molecule has 0 spiro atoms.